The van der Waals surface area contributed by atoms with E-state index < -0.39 is 0 Å². The molecule has 1 fully saturated rings. The summed E-state index contributed by atoms with van der Waals surface area (Å²) in [4.78, 5) is 12.3. The van der Waals surface area contributed by atoms with Crippen LogP contribution in [-0.4, -0.2) is 19.0 Å². The van der Waals surface area contributed by atoms with Crippen LogP contribution in [0, 0.1) is 5.92 Å². The van der Waals surface area contributed by atoms with Gasteiger partial charge in [0.25, 0.3) is 0 Å². The first-order valence-electron chi connectivity index (χ1n) is 6.84. The van der Waals surface area contributed by atoms with Crippen molar-refractivity contribution in [1.82, 2.24) is 5.32 Å². The molecule has 0 saturated heterocycles. The van der Waals surface area contributed by atoms with Crippen LogP contribution in [0.25, 0.3) is 0 Å². The third-order valence-electron chi connectivity index (χ3n) is 3.76. The average molecular weight is 246 g/mol. The van der Waals surface area contributed by atoms with Crippen molar-refractivity contribution in [2.75, 3.05) is 12.4 Å². The van der Waals surface area contributed by atoms with E-state index in [-0.39, 0.29) is 11.9 Å². The number of carbonyl (C=O) groups excluding carboxylic acids is 1. The number of amides is 1. The molecule has 2 rings (SSSR count). The highest BCUT2D eigenvalue weighted by atomic mass is 16.2. The fourth-order valence-corrected chi connectivity index (χ4v) is 2.79. The summed E-state index contributed by atoms with van der Waals surface area (Å²) < 4.78 is 0. The van der Waals surface area contributed by atoms with E-state index in [1.54, 1.807) is 0 Å². The summed E-state index contributed by atoms with van der Waals surface area (Å²) in [5, 5.41) is 6.17. The molecule has 1 aromatic rings. The van der Waals surface area contributed by atoms with Crippen molar-refractivity contribution < 1.29 is 4.79 Å². The van der Waals surface area contributed by atoms with E-state index in [2.05, 4.69) is 10.6 Å². The first kappa shape index (κ1) is 13.1. The molecule has 0 heterocycles. The van der Waals surface area contributed by atoms with E-state index in [1.807, 2.05) is 37.4 Å². The zero-order valence-electron chi connectivity index (χ0n) is 11.0. The lowest BCUT2D eigenvalue weighted by atomic mass is 9.83. The van der Waals surface area contributed by atoms with Gasteiger partial charge in [-0.25, -0.2) is 0 Å². The molecule has 1 saturated carbocycles. The molecule has 1 aromatic carbocycles. The number of anilines is 1. The van der Waals surface area contributed by atoms with Gasteiger partial charge in [0.2, 0.25) is 5.91 Å². The zero-order valence-corrected chi connectivity index (χ0v) is 11.0. The Bertz CT molecular complexity index is 371. The number of benzene rings is 1. The van der Waals surface area contributed by atoms with Crippen molar-refractivity contribution in [1.29, 1.82) is 0 Å². The molecule has 0 bridgehead atoms. The highest BCUT2D eigenvalue weighted by Gasteiger charge is 2.27. The van der Waals surface area contributed by atoms with Crippen molar-refractivity contribution in [3.05, 3.63) is 30.3 Å². The van der Waals surface area contributed by atoms with Crippen LogP contribution < -0.4 is 10.6 Å². The van der Waals surface area contributed by atoms with Crippen molar-refractivity contribution in [2.24, 2.45) is 5.92 Å². The molecule has 0 aliphatic heterocycles. The van der Waals surface area contributed by atoms with Crippen LogP contribution in [0.2, 0.25) is 0 Å². The third-order valence-corrected chi connectivity index (χ3v) is 3.76. The second-order valence-electron chi connectivity index (χ2n) is 5.02. The fraction of sp³-hybridized carbons (Fsp3) is 0.533. The monoisotopic (exact) mass is 246 g/mol. The van der Waals surface area contributed by atoms with Crippen molar-refractivity contribution in [2.45, 2.75) is 38.1 Å². The average Bonchev–Trinajstić information content (AvgIpc) is 2.42. The van der Waals surface area contributed by atoms with Gasteiger partial charge in [-0.3, -0.25) is 4.79 Å². The first-order valence-corrected chi connectivity index (χ1v) is 6.84. The van der Waals surface area contributed by atoms with Crippen LogP contribution in [-0.2, 0) is 4.79 Å². The van der Waals surface area contributed by atoms with Gasteiger partial charge in [-0.05, 0) is 37.9 Å². The standard InChI is InChI=1S/C15H22N2O/c1-16-14(12-8-4-2-5-9-12)15(18)17-13-10-6-3-7-11-13/h3,6-7,10-12,14,16H,2,4-5,8-9H2,1H3,(H,17,18)/t14-/m1/s1. The van der Waals surface area contributed by atoms with Crippen LogP contribution in [0.15, 0.2) is 30.3 Å². The smallest absolute Gasteiger partial charge is 0.241 e. The Morgan fingerprint density at radius 2 is 1.83 bits per heavy atom. The summed E-state index contributed by atoms with van der Waals surface area (Å²) in [6, 6.07) is 9.60. The molecule has 1 atom stereocenters. The van der Waals surface area contributed by atoms with E-state index in [0.29, 0.717) is 5.92 Å². The SMILES string of the molecule is CN[C@@H](C(=O)Nc1ccccc1)C1CCCCC1. The van der Waals surface area contributed by atoms with Crippen LogP contribution >= 0.6 is 0 Å². The molecule has 1 amide bonds. The van der Waals surface area contributed by atoms with Gasteiger partial charge in [-0.2, -0.15) is 0 Å². The molecular weight excluding hydrogens is 224 g/mol. The number of rotatable bonds is 4. The highest BCUT2D eigenvalue weighted by Crippen LogP contribution is 2.27. The van der Waals surface area contributed by atoms with Gasteiger partial charge in [0.05, 0.1) is 6.04 Å². The van der Waals surface area contributed by atoms with Crippen LogP contribution in [0.1, 0.15) is 32.1 Å². The third kappa shape index (κ3) is 3.33. The normalized spacial score (nSPS) is 18.3. The second-order valence-corrected chi connectivity index (χ2v) is 5.02. The zero-order chi connectivity index (χ0) is 12.8. The maximum Gasteiger partial charge on any atom is 0.241 e. The van der Waals surface area contributed by atoms with Gasteiger partial charge in [0, 0.05) is 5.69 Å². The molecule has 3 nitrogen and oxygen atoms in total. The Hall–Kier alpha value is -1.35. The van der Waals surface area contributed by atoms with Crippen LogP contribution in [0.3, 0.4) is 0 Å². The molecule has 98 valence electrons. The molecule has 1 aliphatic rings. The summed E-state index contributed by atoms with van der Waals surface area (Å²) in [7, 11) is 1.88. The summed E-state index contributed by atoms with van der Waals surface area (Å²) in [6.07, 6.45) is 6.14. The van der Waals surface area contributed by atoms with E-state index in [0.717, 1.165) is 18.5 Å². The summed E-state index contributed by atoms with van der Waals surface area (Å²) in [5.41, 5.74) is 0.874. The van der Waals surface area contributed by atoms with Crippen LogP contribution in [0.5, 0.6) is 0 Å². The fourth-order valence-electron chi connectivity index (χ4n) is 2.79. The van der Waals surface area contributed by atoms with Gasteiger partial charge in [-0.15, -0.1) is 0 Å². The minimum atomic E-state index is -0.0643. The number of hydrogen-bond acceptors (Lipinski definition) is 2. The van der Waals surface area contributed by atoms with Crippen molar-refractivity contribution in [3.63, 3.8) is 0 Å². The number of likely N-dealkylation sites (N-methyl/N-ethyl adjacent to an activating group) is 1. The Labute approximate surface area is 109 Å². The van der Waals surface area contributed by atoms with E-state index in [1.165, 1.54) is 19.3 Å². The molecule has 1 aliphatic carbocycles. The predicted octanol–water partition coefficient (Wildman–Crippen LogP) is 2.79. The van der Waals surface area contributed by atoms with Gasteiger partial charge < -0.3 is 10.6 Å². The largest absolute Gasteiger partial charge is 0.325 e. The number of carbonyl (C=O) groups is 1. The minimum absolute atomic E-state index is 0.0643. The number of nitrogens with one attached hydrogen (secondary N) is 2. The van der Waals surface area contributed by atoms with E-state index >= 15 is 0 Å². The Morgan fingerprint density at radius 1 is 1.17 bits per heavy atom. The van der Waals surface area contributed by atoms with Gasteiger partial charge in [0.15, 0.2) is 0 Å². The topological polar surface area (TPSA) is 41.1 Å². The summed E-state index contributed by atoms with van der Waals surface area (Å²) in [5.74, 6) is 0.572. The summed E-state index contributed by atoms with van der Waals surface area (Å²) >= 11 is 0. The molecule has 18 heavy (non-hydrogen) atoms. The Balaban J connectivity index is 1.96. The second kappa shape index (κ2) is 6.55. The highest BCUT2D eigenvalue weighted by molar-refractivity contribution is 5.95. The van der Waals surface area contributed by atoms with E-state index in [4.69, 9.17) is 0 Å². The maximum atomic E-state index is 12.3. The lowest BCUT2D eigenvalue weighted by Gasteiger charge is -2.29. The first-order chi connectivity index (χ1) is 8.81. The molecule has 3 heteroatoms. The van der Waals surface area contributed by atoms with Gasteiger partial charge in [0.1, 0.15) is 0 Å². The van der Waals surface area contributed by atoms with E-state index in [9.17, 15) is 4.79 Å². The number of hydrogen-bond donors (Lipinski definition) is 2. The molecule has 0 aromatic heterocycles. The van der Waals surface area contributed by atoms with Crippen LogP contribution in [0.4, 0.5) is 5.69 Å². The molecule has 0 radical (unpaired) electrons. The lowest BCUT2D eigenvalue weighted by molar-refractivity contribution is -0.119. The Morgan fingerprint density at radius 3 is 2.44 bits per heavy atom. The van der Waals surface area contributed by atoms with Gasteiger partial charge >= 0.3 is 0 Å². The molecule has 2 N–H and O–H groups in total. The lowest BCUT2D eigenvalue weighted by Crippen LogP contribution is -2.44. The predicted molar refractivity (Wildman–Crippen MR) is 74.5 cm³/mol. The Kier molecular flexibility index (Phi) is 4.76. The molecule has 0 spiro atoms. The number of para-hydroxylation sites is 1. The molecular formula is C15H22N2O. The molecule has 0 unspecified atom stereocenters. The van der Waals surface area contributed by atoms with Crippen molar-refractivity contribution in [3.8, 4) is 0 Å². The van der Waals surface area contributed by atoms with Crippen molar-refractivity contribution >= 4 is 11.6 Å². The summed E-state index contributed by atoms with van der Waals surface area (Å²) in [6.45, 7) is 0. The minimum Gasteiger partial charge on any atom is -0.325 e. The quantitative estimate of drug-likeness (QED) is 0.857. The maximum absolute atomic E-state index is 12.3. The van der Waals surface area contributed by atoms with Gasteiger partial charge in [-0.1, -0.05) is 37.5 Å².